The number of anilines is 1. The average molecular weight is 290 g/mol. The Labute approximate surface area is 125 Å². The lowest BCUT2D eigenvalue weighted by Gasteiger charge is -2.12. The van der Waals surface area contributed by atoms with Crippen molar-refractivity contribution in [3.63, 3.8) is 0 Å². The molecule has 0 aliphatic heterocycles. The van der Waals surface area contributed by atoms with E-state index in [9.17, 15) is 4.79 Å². The van der Waals surface area contributed by atoms with Crippen molar-refractivity contribution in [2.45, 2.75) is 25.7 Å². The lowest BCUT2D eigenvalue weighted by atomic mass is 10.1. The van der Waals surface area contributed by atoms with Crippen LogP contribution in [0.4, 0.5) is 5.69 Å². The van der Waals surface area contributed by atoms with Crippen molar-refractivity contribution in [2.75, 3.05) is 26.5 Å². The molecule has 0 unspecified atom stereocenters. The van der Waals surface area contributed by atoms with Crippen LogP contribution in [-0.2, 0) is 0 Å². The van der Waals surface area contributed by atoms with Crippen molar-refractivity contribution < 1.29 is 14.3 Å². The summed E-state index contributed by atoms with van der Waals surface area (Å²) >= 11 is 0. The minimum absolute atomic E-state index is 0.188. The van der Waals surface area contributed by atoms with Crippen LogP contribution in [0.2, 0.25) is 0 Å². The Balaban J connectivity index is 2.01. The van der Waals surface area contributed by atoms with Crippen LogP contribution in [0.25, 0.3) is 0 Å². The number of carbonyl (C=O) groups is 1. The Kier molecular flexibility index (Phi) is 5.09. The number of carbonyl (C=O) groups excluding carboxylic acids is 1. The molecule has 0 aromatic heterocycles. The molecule has 0 heterocycles. The summed E-state index contributed by atoms with van der Waals surface area (Å²) in [5.74, 6) is 0.824. The van der Waals surface area contributed by atoms with Crippen LogP contribution in [0.3, 0.4) is 0 Å². The van der Waals surface area contributed by atoms with Crippen LogP contribution in [0, 0.1) is 0 Å². The van der Waals surface area contributed by atoms with Crippen LogP contribution < -0.4 is 20.5 Å². The lowest BCUT2D eigenvalue weighted by molar-refractivity contribution is 0.0954. The van der Waals surface area contributed by atoms with Crippen molar-refractivity contribution in [3.05, 3.63) is 29.3 Å². The van der Waals surface area contributed by atoms with Gasteiger partial charge >= 0.3 is 0 Å². The summed E-state index contributed by atoms with van der Waals surface area (Å²) in [5.41, 5.74) is 8.12. The molecular weight excluding hydrogens is 268 g/mol. The van der Waals surface area contributed by atoms with Gasteiger partial charge in [0.05, 0.1) is 19.8 Å². The van der Waals surface area contributed by atoms with Gasteiger partial charge in [-0.25, -0.2) is 0 Å². The molecule has 5 heteroatoms. The Bertz CT molecular complexity index is 553. The molecule has 5 nitrogen and oxygen atoms in total. The average Bonchev–Trinajstić information content (AvgIpc) is 3.00. The summed E-state index contributed by atoms with van der Waals surface area (Å²) in [5, 5.41) is 2.90. The molecule has 1 aliphatic carbocycles. The van der Waals surface area contributed by atoms with E-state index in [1.54, 1.807) is 12.1 Å². The number of methoxy groups -OCH3 is 2. The van der Waals surface area contributed by atoms with Crippen molar-refractivity contribution in [1.29, 1.82) is 0 Å². The number of amides is 1. The summed E-state index contributed by atoms with van der Waals surface area (Å²) < 4.78 is 10.4. The third-order valence-corrected chi connectivity index (χ3v) is 3.67. The summed E-state index contributed by atoms with van der Waals surface area (Å²) in [6, 6.07) is 3.21. The maximum absolute atomic E-state index is 12.2. The van der Waals surface area contributed by atoms with Gasteiger partial charge < -0.3 is 20.5 Å². The second-order valence-corrected chi connectivity index (χ2v) is 5.05. The number of nitrogen functional groups attached to an aromatic ring is 1. The monoisotopic (exact) mass is 290 g/mol. The molecule has 0 atom stereocenters. The molecule has 0 saturated heterocycles. The van der Waals surface area contributed by atoms with Crippen LogP contribution in [0.15, 0.2) is 23.8 Å². The highest BCUT2D eigenvalue weighted by atomic mass is 16.5. The standard InChI is InChI=1S/C16H22N2O3/c1-20-14-9-12(13(17)10-15(14)21-2)16(19)18-8-7-11-5-3-4-6-11/h5,9-10H,3-4,6-8,17H2,1-2H3,(H,18,19). The number of nitrogens with two attached hydrogens (primary N) is 1. The second-order valence-electron chi connectivity index (χ2n) is 5.05. The number of nitrogens with one attached hydrogen (secondary N) is 1. The van der Waals surface area contributed by atoms with Gasteiger partial charge in [-0.15, -0.1) is 0 Å². The van der Waals surface area contributed by atoms with Crippen LogP contribution >= 0.6 is 0 Å². The molecule has 1 aromatic rings. The number of hydrogen-bond donors (Lipinski definition) is 2. The minimum Gasteiger partial charge on any atom is -0.493 e. The highest BCUT2D eigenvalue weighted by Gasteiger charge is 2.15. The van der Waals surface area contributed by atoms with E-state index >= 15 is 0 Å². The number of ether oxygens (including phenoxy) is 2. The van der Waals surface area contributed by atoms with Gasteiger partial charge in [0.2, 0.25) is 0 Å². The third-order valence-electron chi connectivity index (χ3n) is 3.67. The largest absolute Gasteiger partial charge is 0.493 e. The molecule has 1 aromatic carbocycles. The zero-order valence-electron chi connectivity index (χ0n) is 12.6. The predicted octanol–water partition coefficient (Wildman–Crippen LogP) is 2.52. The van der Waals surface area contributed by atoms with E-state index in [2.05, 4.69) is 11.4 Å². The van der Waals surface area contributed by atoms with Gasteiger partial charge in [0.25, 0.3) is 5.91 Å². The summed E-state index contributed by atoms with van der Waals surface area (Å²) in [7, 11) is 3.06. The molecule has 2 rings (SSSR count). The van der Waals surface area contributed by atoms with Gasteiger partial charge in [0.1, 0.15) is 0 Å². The summed E-state index contributed by atoms with van der Waals surface area (Å²) in [6.07, 6.45) is 6.70. The Hall–Kier alpha value is -2.17. The molecule has 21 heavy (non-hydrogen) atoms. The van der Waals surface area contributed by atoms with E-state index in [0.29, 0.717) is 29.3 Å². The fourth-order valence-corrected chi connectivity index (χ4v) is 2.49. The Morgan fingerprint density at radius 2 is 2.00 bits per heavy atom. The molecular formula is C16H22N2O3. The van der Waals surface area contributed by atoms with Gasteiger partial charge in [0, 0.05) is 18.3 Å². The maximum Gasteiger partial charge on any atom is 0.253 e. The van der Waals surface area contributed by atoms with E-state index < -0.39 is 0 Å². The maximum atomic E-state index is 12.2. The van der Waals surface area contributed by atoms with Gasteiger partial charge in [-0.1, -0.05) is 11.6 Å². The highest BCUT2D eigenvalue weighted by molar-refractivity contribution is 6.00. The van der Waals surface area contributed by atoms with Gasteiger partial charge in [-0.3, -0.25) is 4.79 Å². The zero-order chi connectivity index (χ0) is 15.2. The summed E-state index contributed by atoms with van der Waals surface area (Å²) in [4.78, 5) is 12.2. The number of hydrogen-bond acceptors (Lipinski definition) is 4. The molecule has 1 amide bonds. The minimum atomic E-state index is -0.188. The topological polar surface area (TPSA) is 73.6 Å². The molecule has 114 valence electrons. The molecule has 0 saturated carbocycles. The number of rotatable bonds is 6. The normalized spacial score (nSPS) is 13.7. The number of allylic oxidation sites excluding steroid dienone is 1. The molecule has 0 fully saturated rings. The van der Waals surface area contributed by atoms with E-state index in [-0.39, 0.29) is 5.91 Å². The molecule has 1 aliphatic rings. The van der Waals surface area contributed by atoms with Crippen molar-refractivity contribution in [3.8, 4) is 11.5 Å². The van der Waals surface area contributed by atoms with E-state index in [4.69, 9.17) is 15.2 Å². The molecule has 0 spiro atoms. The fourth-order valence-electron chi connectivity index (χ4n) is 2.49. The Morgan fingerprint density at radius 3 is 2.62 bits per heavy atom. The third kappa shape index (κ3) is 3.68. The van der Waals surface area contributed by atoms with Gasteiger partial charge in [-0.05, 0) is 31.7 Å². The first-order valence-corrected chi connectivity index (χ1v) is 7.13. The van der Waals surface area contributed by atoms with Crippen LogP contribution in [0.1, 0.15) is 36.0 Å². The highest BCUT2D eigenvalue weighted by Crippen LogP contribution is 2.31. The molecule has 3 N–H and O–H groups in total. The second kappa shape index (κ2) is 7.02. The van der Waals surface area contributed by atoms with Crippen molar-refractivity contribution >= 4 is 11.6 Å². The van der Waals surface area contributed by atoms with E-state index in [0.717, 1.165) is 19.3 Å². The Morgan fingerprint density at radius 1 is 1.29 bits per heavy atom. The van der Waals surface area contributed by atoms with Gasteiger partial charge in [0.15, 0.2) is 11.5 Å². The first-order chi connectivity index (χ1) is 10.2. The van der Waals surface area contributed by atoms with E-state index in [1.165, 1.54) is 26.2 Å². The predicted molar refractivity (Wildman–Crippen MR) is 82.8 cm³/mol. The van der Waals surface area contributed by atoms with E-state index in [1.807, 2.05) is 0 Å². The first-order valence-electron chi connectivity index (χ1n) is 7.13. The zero-order valence-corrected chi connectivity index (χ0v) is 12.6. The molecule has 0 bridgehead atoms. The SMILES string of the molecule is COc1cc(N)c(C(=O)NCCC2=CCCC2)cc1OC. The summed E-state index contributed by atoms with van der Waals surface area (Å²) in [6.45, 7) is 0.623. The van der Waals surface area contributed by atoms with Crippen LogP contribution in [-0.4, -0.2) is 26.7 Å². The molecule has 0 radical (unpaired) electrons. The quantitative estimate of drug-likeness (QED) is 0.623. The smallest absolute Gasteiger partial charge is 0.253 e. The van der Waals surface area contributed by atoms with Crippen molar-refractivity contribution in [2.24, 2.45) is 0 Å². The first kappa shape index (κ1) is 15.2. The fraction of sp³-hybridized carbons (Fsp3) is 0.438. The van der Waals surface area contributed by atoms with Crippen LogP contribution in [0.5, 0.6) is 11.5 Å². The van der Waals surface area contributed by atoms with Crippen molar-refractivity contribution in [1.82, 2.24) is 5.32 Å². The number of benzene rings is 1. The van der Waals surface area contributed by atoms with Gasteiger partial charge in [-0.2, -0.15) is 0 Å². The lowest BCUT2D eigenvalue weighted by Crippen LogP contribution is -2.25.